The number of hydrogen-bond acceptors (Lipinski definition) is 4. The third-order valence-electron chi connectivity index (χ3n) is 4.45. The van der Waals surface area contributed by atoms with Crippen molar-refractivity contribution in [3.8, 4) is 11.5 Å². The van der Waals surface area contributed by atoms with Crippen molar-refractivity contribution in [3.05, 3.63) is 54.4 Å². The zero-order valence-electron chi connectivity index (χ0n) is 13.8. The Morgan fingerprint density at radius 3 is 2.67 bits per heavy atom. The Bertz CT molecular complexity index is 673. The topological polar surface area (TPSA) is 62.7 Å². The number of aromatic nitrogens is 1. The van der Waals surface area contributed by atoms with Gasteiger partial charge in [-0.3, -0.25) is 9.78 Å². The highest BCUT2D eigenvalue weighted by Crippen LogP contribution is 2.26. The van der Waals surface area contributed by atoms with E-state index in [9.17, 15) is 9.90 Å². The molecule has 0 saturated heterocycles. The third kappa shape index (κ3) is 3.92. The summed E-state index contributed by atoms with van der Waals surface area (Å²) in [5.74, 6) is 1.46. The highest BCUT2D eigenvalue weighted by molar-refractivity contribution is 5.94. The molecule has 0 bridgehead atoms. The number of pyridine rings is 1. The lowest BCUT2D eigenvalue weighted by atomic mass is 10.1. The van der Waals surface area contributed by atoms with Crippen molar-refractivity contribution in [3.63, 3.8) is 0 Å². The Morgan fingerprint density at radius 1 is 1.25 bits per heavy atom. The van der Waals surface area contributed by atoms with Gasteiger partial charge in [0.1, 0.15) is 11.5 Å². The lowest BCUT2D eigenvalue weighted by Gasteiger charge is -2.23. The molecule has 2 unspecified atom stereocenters. The van der Waals surface area contributed by atoms with Crippen molar-refractivity contribution < 1.29 is 14.6 Å². The third-order valence-corrected chi connectivity index (χ3v) is 4.45. The molecule has 0 aliphatic heterocycles. The van der Waals surface area contributed by atoms with Crippen molar-refractivity contribution in [2.75, 3.05) is 13.6 Å². The van der Waals surface area contributed by atoms with Gasteiger partial charge in [0.05, 0.1) is 12.3 Å². The summed E-state index contributed by atoms with van der Waals surface area (Å²) < 4.78 is 5.67. The van der Waals surface area contributed by atoms with Crippen molar-refractivity contribution in [1.29, 1.82) is 0 Å². The second-order valence-corrected chi connectivity index (χ2v) is 6.26. The molecular weight excluding hydrogens is 304 g/mol. The van der Waals surface area contributed by atoms with Crippen molar-refractivity contribution in [2.24, 2.45) is 5.92 Å². The summed E-state index contributed by atoms with van der Waals surface area (Å²) in [5.41, 5.74) is 0.614. The summed E-state index contributed by atoms with van der Waals surface area (Å²) >= 11 is 0. The predicted octanol–water partition coefficient (Wildman–Crippen LogP) is 3.11. The number of carbonyl (C=O) groups is 1. The molecule has 1 amide bonds. The summed E-state index contributed by atoms with van der Waals surface area (Å²) in [5, 5.41) is 9.91. The number of nitrogens with zero attached hydrogens (tertiary/aromatic N) is 2. The Labute approximate surface area is 141 Å². The molecule has 2 atom stereocenters. The van der Waals surface area contributed by atoms with Gasteiger partial charge in [-0.1, -0.05) is 6.42 Å². The van der Waals surface area contributed by atoms with Gasteiger partial charge in [0.2, 0.25) is 0 Å². The van der Waals surface area contributed by atoms with E-state index in [2.05, 4.69) is 4.98 Å². The molecule has 5 nitrogen and oxygen atoms in total. The SMILES string of the molecule is CN(CC1CCCC1O)C(=O)c1ccc(Oc2cccnc2)cc1. The van der Waals surface area contributed by atoms with Crippen LogP contribution < -0.4 is 4.74 Å². The van der Waals surface area contributed by atoms with Crippen LogP contribution in [0.2, 0.25) is 0 Å². The first-order valence-electron chi connectivity index (χ1n) is 8.25. The van der Waals surface area contributed by atoms with E-state index in [1.54, 1.807) is 54.7 Å². The van der Waals surface area contributed by atoms with Crippen LogP contribution in [0.3, 0.4) is 0 Å². The standard InChI is InChI=1S/C19H22N2O3/c1-21(13-15-4-2-6-18(15)22)19(23)14-7-9-16(10-8-14)24-17-5-3-11-20-12-17/h3,5,7-12,15,18,22H,2,4,6,13H2,1H3. The lowest BCUT2D eigenvalue weighted by Crippen LogP contribution is -2.34. The maximum Gasteiger partial charge on any atom is 0.253 e. The molecule has 1 heterocycles. The van der Waals surface area contributed by atoms with Gasteiger partial charge in [0.25, 0.3) is 5.91 Å². The first-order chi connectivity index (χ1) is 11.6. The average molecular weight is 326 g/mol. The Morgan fingerprint density at radius 2 is 2.04 bits per heavy atom. The quantitative estimate of drug-likeness (QED) is 0.917. The number of benzene rings is 1. The van der Waals surface area contributed by atoms with E-state index < -0.39 is 0 Å². The molecule has 3 rings (SSSR count). The van der Waals surface area contributed by atoms with Crippen LogP contribution in [0.5, 0.6) is 11.5 Å². The first kappa shape index (κ1) is 16.5. The molecule has 1 saturated carbocycles. The minimum Gasteiger partial charge on any atom is -0.456 e. The van der Waals surface area contributed by atoms with Gasteiger partial charge in [-0.2, -0.15) is 0 Å². The van der Waals surface area contributed by atoms with E-state index >= 15 is 0 Å². The zero-order valence-corrected chi connectivity index (χ0v) is 13.8. The van der Waals surface area contributed by atoms with E-state index in [-0.39, 0.29) is 17.9 Å². The molecule has 0 radical (unpaired) electrons. The van der Waals surface area contributed by atoms with Gasteiger partial charge in [-0.25, -0.2) is 0 Å². The van der Waals surface area contributed by atoms with E-state index in [0.717, 1.165) is 19.3 Å². The molecule has 1 fully saturated rings. The maximum atomic E-state index is 12.5. The summed E-state index contributed by atoms with van der Waals surface area (Å²) in [4.78, 5) is 18.2. The summed E-state index contributed by atoms with van der Waals surface area (Å²) in [6.07, 6.45) is 5.90. The van der Waals surface area contributed by atoms with E-state index in [1.165, 1.54) is 0 Å². The van der Waals surface area contributed by atoms with E-state index in [1.807, 2.05) is 6.07 Å². The molecular formula is C19H22N2O3. The second-order valence-electron chi connectivity index (χ2n) is 6.26. The number of hydrogen-bond donors (Lipinski definition) is 1. The van der Waals surface area contributed by atoms with Gasteiger partial charge >= 0.3 is 0 Å². The largest absolute Gasteiger partial charge is 0.456 e. The van der Waals surface area contributed by atoms with Gasteiger partial charge in [-0.05, 0) is 49.2 Å². The van der Waals surface area contributed by atoms with E-state index in [4.69, 9.17) is 4.74 Å². The normalized spacial score (nSPS) is 19.9. The fourth-order valence-corrected chi connectivity index (χ4v) is 3.09. The van der Waals surface area contributed by atoms with Crippen LogP contribution in [0.4, 0.5) is 0 Å². The molecule has 5 heteroatoms. The van der Waals surface area contributed by atoms with Crippen LogP contribution in [0.25, 0.3) is 0 Å². The minimum absolute atomic E-state index is 0.0398. The number of aliphatic hydroxyl groups excluding tert-OH is 1. The van der Waals surface area contributed by atoms with Crippen LogP contribution in [0, 0.1) is 5.92 Å². The highest BCUT2D eigenvalue weighted by Gasteiger charge is 2.27. The van der Waals surface area contributed by atoms with Crippen LogP contribution in [-0.2, 0) is 0 Å². The summed E-state index contributed by atoms with van der Waals surface area (Å²) in [7, 11) is 1.79. The van der Waals surface area contributed by atoms with Crippen LogP contribution >= 0.6 is 0 Å². The molecule has 1 N–H and O–H groups in total. The smallest absolute Gasteiger partial charge is 0.253 e. The minimum atomic E-state index is -0.282. The molecule has 126 valence electrons. The highest BCUT2D eigenvalue weighted by atomic mass is 16.5. The molecule has 1 aliphatic carbocycles. The molecule has 1 aliphatic rings. The Hall–Kier alpha value is -2.40. The summed E-state index contributed by atoms with van der Waals surface area (Å²) in [6.45, 7) is 0.591. The van der Waals surface area contributed by atoms with Gasteiger partial charge in [-0.15, -0.1) is 0 Å². The molecule has 1 aromatic heterocycles. The number of ether oxygens (including phenoxy) is 1. The lowest BCUT2D eigenvalue weighted by molar-refractivity contribution is 0.0693. The molecule has 0 spiro atoms. The van der Waals surface area contributed by atoms with Crippen molar-refractivity contribution >= 4 is 5.91 Å². The number of aliphatic hydroxyl groups is 1. The predicted molar refractivity (Wildman–Crippen MR) is 91.1 cm³/mol. The Kier molecular flexibility index (Phi) is 5.11. The van der Waals surface area contributed by atoms with Crippen LogP contribution in [0.1, 0.15) is 29.6 Å². The fraction of sp³-hybridized carbons (Fsp3) is 0.368. The van der Waals surface area contributed by atoms with Gasteiger partial charge < -0.3 is 14.7 Å². The van der Waals surface area contributed by atoms with Crippen LogP contribution in [0.15, 0.2) is 48.8 Å². The average Bonchev–Trinajstić information content (AvgIpc) is 3.00. The monoisotopic (exact) mass is 326 g/mol. The van der Waals surface area contributed by atoms with Crippen molar-refractivity contribution in [2.45, 2.75) is 25.4 Å². The zero-order chi connectivity index (χ0) is 16.9. The van der Waals surface area contributed by atoms with Gasteiger partial charge in [0.15, 0.2) is 0 Å². The summed E-state index contributed by atoms with van der Waals surface area (Å²) in [6, 6.07) is 10.7. The molecule has 24 heavy (non-hydrogen) atoms. The van der Waals surface area contributed by atoms with E-state index in [0.29, 0.717) is 23.6 Å². The number of carbonyl (C=O) groups excluding carboxylic acids is 1. The second kappa shape index (κ2) is 7.45. The van der Waals surface area contributed by atoms with Gasteiger partial charge in [0, 0.05) is 31.3 Å². The first-order valence-corrected chi connectivity index (χ1v) is 8.25. The molecule has 1 aromatic carbocycles. The van der Waals surface area contributed by atoms with Crippen molar-refractivity contribution in [1.82, 2.24) is 9.88 Å². The molecule has 2 aromatic rings. The maximum absolute atomic E-state index is 12.5. The Balaban J connectivity index is 1.61. The van der Waals surface area contributed by atoms with Crippen LogP contribution in [-0.4, -0.2) is 40.6 Å². The number of amides is 1. The number of rotatable bonds is 5. The fourth-order valence-electron chi connectivity index (χ4n) is 3.09.